The first kappa shape index (κ1) is 18.0. The second-order valence-corrected chi connectivity index (χ2v) is 8.68. The van der Waals surface area contributed by atoms with Crippen LogP contribution in [0.1, 0.15) is 108 Å². The zero-order chi connectivity index (χ0) is 16.8. The quantitative estimate of drug-likeness (QED) is 0.490. The molecule has 1 atom stereocenters. The summed E-state index contributed by atoms with van der Waals surface area (Å²) >= 11 is 0. The van der Waals surface area contributed by atoms with E-state index >= 15 is 0 Å². The van der Waals surface area contributed by atoms with Crippen molar-refractivity contribution in [1.29, 1.82) is 0 Å². The zero-order valence-electron chi connectivity index (χ0n) is 16.2. The van der Waals surface area contributed by atoms with Gasteiger partial charge in [0.05, 0.1) is 0 Å². The molecule has 1 unspecified atom stereocenters. The van der Waals surface area contributed by atoms with Gasteiger partial charge in [0.2, 0.25) is 0 Å². The Morgan fingerprint density at radius 2 is 1.75 bits per heavy atom. The first-order chi connectivity index (χ1) is 11.8. The van der Waals surface area contributed by atoms with Gasteiger partial charge in [-0.15, -0.1) is 0 Å². The molecule has 0 heterocycles. The van der Waals surface area contributed by atoms with Gasteiger partial charge in [-0.05, 0) is 66.5 Å². The fraction of sp³-hybridized carbons (Fsp3) is 0.750. The Labute approximate surface area is 150 Å². The second kappa shape index (κ2) is 8.54. The summed E-state index contributed by atoms with van der Waals surface area (Å²) in [7, 11) is 0. The van der Waals surface area contributed by atoms with Crippen LogP contribution in [0, 0.1) is 5.92 Å². The molecule has 0 amide bonds. The van der Waals surface area contributed by atoms with Gasteiger partial charge in [0.1, 0.15) is 0 Å². The van der Waals surface area contributed by atoms with E-state index in [2.05, 4.69) is 32.0 Å². The molecule has 0 heteroatoms. The van der Waals surface area contributed by atoms with Gasteiger partial charge in [-0.2, -0.15) is 0 Å². The van der Waals surface area contributed by atoms with Crippen LogP contribution in [-0.4, -0.2) is 0 Å². The van der Waals surface area contributed by atoms with Crippen LogP contribution < -0.4 is 0 Å². The summed E-state index contributed by atoms with van der Waals surface area (Å²) in [4.78, 5) is 0. The van der Waals surface area contributed by atoms with Gasteiger partial charge < -0.3 is 0 Å². The number of hydrogen-bond acceptors (Lipinski definition) is 0. The van der Waals surface area contributed by atoms with Crippen molar-refractivity contribution in [1.82, 2.24) is 0 Å². The van der Waals surface area contributed by atoms with E-state index in [-0.39, 0.29) is 0 Å². The lowest BCUT2D eigenvalue weighted by Crippen LogP contribution is -2.29. The topological polar surface area (TPSA) is 0 Å². The standard InChI is InChI=1S/C24H38/c1-3-5-10-20-11-12-22-19-23(14-13-21(22)18-20)24(15-6-4-2)16-8-7-9-17-24/h13-14,19-20H,3-12,15-18H2,1-2H3. The van der Waals surface area contributed by atoms with Gasteiger partial charge >= 0.3 is 0 Å². The molecule has 1 aromatic carbocycles. The lowest BCUT2D eigenvalue weighted by Gasteiger charge is -2.39. The summed E-state index contributed by atoms with van der Waals surface area (Å²) in [6, 6.07) is 7.69. The highest BCUT2D eigenvalue weighted by molar-refractivity contribution is 5.38. The van der Waals surface area contributed by atoms with Crippen LogP contribution in [0.2, 0.25) is 0 Å². The largest absolute Gasteiger partial charge is 0.0654 e. The lowest BCUT2D eigenvalue weighted by molar-refractivity contribution is 0.267. The van der Waals surface area contributed by atoms with E-state index in [0.29, 0.717) is 5.41 Å². The van der Waals surface area contributed by atoms with Crippen LogP contribution >= 0.6 is 0 Å². The van der Waals surface area contributed by atoms with E-state index in [4.69, 9.17) is 0 Å². The minimum atomic E-state index is 0.516. The molecule has 3 rings (SSSR count). The van der Waals surface area contributed by atoms with E-state index in [0.717, 1.165) is 5.92 Å². The Morgan fingerprint density at radius 1 is 0.958 bits per heavy atom. The van der Waals surface area contributed by atoms with Crippen LogP contribution in [0.4, 0.5) is 0 Å². The summed E-state index contributed by atoms with van der Waals surface area (Å²) in [6.45, 7) is 4.67. The highest BCUT2D eigenvalue weighted by Gasteiger charge is 2.33. The number of aryl methyl sites for hydroxylation is 1. The normalized spacial score (nSPS) is 23.0. The maximum Gasteiger partial charge on any atom is -0.00469 e. The molecule has 134 valence electrons. The lowest BCUT2D eigenvalue weighted by atomic mass is 9.66. The van der Waals surface area contributed by atoms with Gasteiger partial charge in [-0.25, -0.2) is 0 Å². The van der Waals surface area contributed by atoms with Gasteiger partial charge in [0.25, 0.3) is 0 Å². The number of fused-ring (bicyclic) bond motifs is 1. The van der Waals surface area contributed by atoms with Crippen molar-refractivity contribution in [3.8, 4) is 0 Å². The molecule has 1 saturated carbocycles. The van der Waals surface area contributed by atoms with Crippen molar-refractivity contribution in [2.45, 2.75) is 109 Å². The SMILES string of the molecule is CCCCC1CCc2cc(C3(CCCC)CCCCC3)ccc2C1. The first-order valence-corrected chi connectivity index (χ1v) is 10.9. The molecule has 0 saturated heterocycles. The molecule has 0 spiro atoms. The third-order valence-corrected chi connectivity index (χ3v) is 6.93. The number of unbranched alkanes of at least 4 members (excludes halogenated alkanes) is 2. The molecule has 0 N–H and O–H groups in total. The molecule has 1 aromatic rings. The Morgan fingerprint density at radius 3 is 2.50 bits per heavy atom. The predicted octanol–water partition coefficient (Wildman–Crippen LogP) is 7.37. The average Bonchev–Trinajstić information content (AvgIpc) is 2.65. The maximum atomic E-state index is 2.65. The monoisotopic (exact) mass is 326 g/mol. The van der Waals surface area contributed by atoms with E-state index in [9.17, 15) is 0 Å². The van der Waals surface area contributed by atoms with Gasteiger partial charge in [-0.3, -0.25) is 0 Å². The molecule has 0 radical (unpaired) electrons. The van der Waals surface area contributed by atoms with Crippen molar-refractivity contribution in [2.24, 2.45) is 5.92 Å². The summed E-state index contributed by atoms with van der Waals surface area (Å²) in [5.74, 6) is 0.951. The van der Waals surface area contributed by atoms with Crippen LogP contribution in [0.5, 0.6) is 0 Å². The van der Waals surface area contributed by atoms with E-state index in [1.165, 1.54) is 89.9 Å². The molecule has 0 nitrogen and oxygen atoms in total. The smallest absolute Gasteiger partial charge is 0.00469 e. The minimum absolute atomic E-state index is 0.516. The van der Waals surface area contributed by atoms with Gasteiger partial charge in [0, 0.05) is 0 Å². The van der Waals surface area contributed by atoms with E-state index in [1.807, 2.05) is 0 Å². The van der Waals surface area contributed by atoms with Crippen molar-refractivity contribution < 1.29 is 0 Å². The summed E-state index contributed by atoms with van der Waals surface area (Å²) in [6.07, 6.45) is 19.7. The molecule has 0 aromatic heterocycles. The molecule has 2 aliphatic carbocycles. The summed E-state index contributed by atoms with van der Waals surface area (Å²) in [5.41, 5.74) is 5.58. The van der Waals surface area contributed by atoms with E-state index < -0.39 is 0 Å². The molecular weight excluding hydrogens is 288 g/mol. The Hall–Kier alpha value is -0.780. The van der Waals surface area contributed by atoms with Crippen molar-refractivity contribution in [3.05, 3.63) is 34.9 Å². The summed E-state index contributed by atoms with van der Waals surface area (Å²) < 4.78 is 0. The van der Waals surface area contributed by atoms with Crippen LogP contribution in [0.3, 0.4) is 0 Å². The van der Waals surface area contributed by atoms with Gasteiger partial charge in [-0.1, -0.05) is 83.4 Å². The number of hydrogen-bond donors (Lipinski definition) is 0. The van der Waals surface area contributed by atoms with Crippen molar-refractivity contribution in [3.63, 3.8) is 0 Å². The van der Waals surface area contributed by atoms with Crippen molar-refractivity contribution >= 4 is 0 Å². The molecule has 0 aliphatic heterocycles. The molecule has 24 heavy (non-hydrogen) atoms. The maximum absolute atomic E-state index is 2.65. The Kier molecular flexibility index (Phi) is 6.42. The third-order valence-electron chi connectivity index (χ3n) is 6.93. The fourth-order valence-corrected chi connectivity index (χ4v) is 5.33. The number of benzene rings is 1. The molecule has 1 fully saturated rings. The predicted molar refractivity (Wildman–Crippen MR) is 106 cm³/mol. The second-order valence-electron chi connectivity index (χ2n) is 8.68. The van der Waals surface area contributed by atoms with Gasteiger partial charge in [0.15, 0.2) is 0 Å². The van der Waals surface area contributed by atoms with Crippen LogP contribution in [-0.2, 0) is 18.3 Å². The minimum Gasteiger partial charge on any atom is -0.0654 e. The first-order valence-electron chi connectivity index (χ1n) is 10.9. The summed E-state index contributed by atoms with van der Waals surface area (Å²) in [5, 5.41) is 0. The third kappa shape index (κ3) is 4.06. The van der Waals surface area contributed by atoms with Crippen LogP contribution in [0.15, 0.2) is 18.2 Å². The Bertz CT molecular complexity index is 507. The number of rotatable bonds is 7. The molecular formula is C24H38. The van der Waals surface area contributed by atoms with Crippen molar-refractivity contribution in [2.75, 3.05) is 0 Å². The Balaban J connectivity index is 1.77. The van der Waals surface area contributed by atoms with E-state index in [1.54, 1.807) is 16.7 Å². The zero-order valence-corrected chi connectivity index (χ0v) is 16.2. The molecule has 0 bridgehead atoms. The average molecular weight is 327 g/mol. The van der Waals surface area contributed by atoms with Crippen LogP contribution in [0.25, 0.3) is 0 Å². The fourth-order valence-electron chi connectivity index (χ4n) is 5.33. The highest BCUT2D eigenvalue weighted by Crippen LogP contribution is 2.44. The molecule has 2 aliphatic rings. The highest BCUT2D eigenvalue weighted by atomic mass is 14.4.